The molecule has 0 heterocycles. The second-order valence-electron chi connectivity index (χ2n) is 8.22. The molecule has 0 spiro atoms. The van der Waals surface area contributed by atoms with Crippen LogP contribution in [0, 0.1) is 23.2 Å². The first-order chi connectivity index (χ1) is 9.69. The van der Waals surface area contributed by atoms with Crippen LogP contribution in [0.15, 0.2) is 0 Å². The molecule has 4 aliphatic rings. The summed E-state index contributed by atoms with van der Waals surface area (Å²) in [7, 11) is 2.31. The van der Waals surface area contributed by atoms with E-state index in [0.717, 1.165) is 29.7 Å². The highest BCUT2D eigenvalue weighted by Gasteiger charge is 2.50. The van der Waals surface area contributed by atoms with Gasteiger partial charge in [0.25, 0.3) is 0 Å². The molecule has 0 aromatic rings. The minimum absolute atomic E-state index is 0.764. The van der Waals surface area contributed by atoms with Gasteiger partial charge in [-0.2, -0.15) is 0 Å². The molecule has 0 saturated heterocycles. The third-order valence-electron chi connectivity index (χ3n) is 6.29. The van der Waals surface area contributed by atoms with Crippen molar-refractivity contribution in [2.45, 2.75) is 58.3 Å². The summed E-state index contributed by atoms with van der Waals surface area (Å²) >= 11 is 0. The molecule has 0 atom stereocenters. The predicted molar refractivity (Wildman–Crippen MR) is 85.9 cm³/mol. The van der Waals surface area contributed by atoms with Gasteiger partial charge >= 0.3 is 0 Å². The molecule has 0 radical (unpaired) electrons. The molecule has 0 aromatic heterocycles. The van der Waals surface area contributed by atoms with Crippen LogP contribution in [0.3, 0.4) is 0 Å². The lowest BCUT2D eigenvalue weighted by atomic mass is 9.49. The van der Waals surface area contributed by atoms with Gasteiger partial charge in [-0.05, 0) is 94.7 Å². The smallest absolute Gasteiger partial charge is 0.0104 e. The number of hydrogen-bond acceptors (Lipinski definition) is 2. The average molecular weight is 278 g/mol. The Morgan fingerprint density at radius 1 is 0.950 bits per heavy atom. The van der Waals surface area contributed by atoms with Crippen molar-refractivity contribution < 1.29 is 0 Å². The van der Waals surface area contributed by atoms with E-state index in [1.807, 2.05) is 0 Å². The van der Waals surface area contributed by atoms with Gasteiger partial charge < -0.3 is 10.2 Å². The first kappa shape index (κ1) is 14.8. The van der Waals surface area contributed by atoms with Crippen LogP contribution in [0.5, 0.6) is 0 Å². The molecular weight excluding hydrogens is 244 g/mol. The topological polar surface area (TPSA) is 15.3 Å². The Labute approximate surface area is 125 Å². The largest absolute Gasteiger partial charge is 0.315 e. The van der Waals surface area contributed by atoms with E-state index in [1.165, 1.54) is 32.5 Å². The zero-order valence-corrected chi connectivity index (χ0v) is 13.7. The monoisotopic (exact) mass is 278 g/mol. The van der Waals surface area contributed by atoms with Crippen LogP contribution in [0.2, 0.25) is 0 Å². The maximum atomic E-state index is 3.52. The van der Waals surface area contributed by atoms with Crippen molar-refractivity contribution in [1.82, 2.24) is 10.2 Å². The zero-order valence-electron chi connectivity index (χ0n) is 13.7. The molecule has 0 amide bonds. The van der Waals surface area contributed by atoms with Crippen molar-refractivity contribution in [3.05, 3.63) is 0 Å². The molecule has 4 saturated carbocycles. The Hall–Kier alpha value is -0.0800. The van der Waals surface area contributed by atoms with E-state index in [0.29, 0.717) is 0 Å². The quantitative estimate of drug-likeness (QED) is 0.683. The summed E-state index contributed by atoms with van der Waals surface area (Å²) in [4.78, 5) is 2.56. The van der Waals surface area contributed by atoms with Gasteiger partial charge in [0.15, 0.2) is 0 Å². The molecule has 2 nitrogen and oxygen atoms in total. The minimum atomic E-state index is 0.764. The number of nitrogens with zero attached hydrogens (tertiary/aromatic N) is 1. The summed E-state index contributed by atoms with van der Waals surface area (Å²) in [6.07, 6.45) is 12.2. The standard InChI is InChI=1S/C18H34N2/c1-3-5-19-6-8-20(2)7-4-18-12-15-9-16(13-18)11-17(10-15)14-18/h15-17,19H,3-14H2,1-2H3. The van der Waals surface area contributed by atoms with E-state index in [4.69, 9.17) is 0 Å². The Morgan fingerprint density at radius 3 is 2.10 bits per heavy atom. The van der Waals surface area contributed by atoms with Gasteiger partial charge in [0.1, 0.15) is 0 Å². The highest BCUT2D eigenvalue weighted by molar-refractivity contribution is 5.01. The molecular formula is C18H34N2. The highest BCUT2D eigenvalue weighted by Crippen LogP contribution is 2.61. The minimum Gasteiger partial charge on any atom is -0.315 e. The molecule has 0 aromatic carbocycles. The summed E-state index contributed by atoms with van der Waals surface area (Å²) in [6.45, 7) is 7.10. The molecule has 2 heteroatoms. The van der Waals surface area contributed by atoms with Gasteiger partial charge in [-0.25, -0.2) is 0 Å². The van der Waals surface area contributed by atoms with Gasteiger partial charge in [0.2, 0.25) is 0 Å². The summed E-state index contributed by atoms with van der Waals surface area (Å²) in [5.74, 6) is 3.33. The Morgan fingerprint density at radius 2 is 1.55 bits per heavy atom. The highest BCUT2D eigenvalue weighted by atomic mass is 15.1. The van der Waals surface area contributed by atoms with E-state index in [9.17, 15) is 0 Å². The van der Waals surface area contributed by atoms with E-state index in [-0.39, 0.29) is 0 Å². The average Bonchev–Trinajstić information content (AvgIpc) is 2.40. The Kier molecular flexibility index (Phi) is 4.72. The zero-order chi connectivity index (χ0) is 14.0. The van der Waals surface area contributed by atoms with E-state index >= 15 is 0 Å². The van der Waals surface area contributed by atoms with E-state index < -0.39 is 0 Å². The van der Waals surface area contributed by atoms with Gasteiger partial charge in [0.05, 0.1) is 0 Å². The van der Waals surface area contributed by atoms with E-state index in [2.05, 4.69) is 24.2 Å². The molecule has 0 unspecified atom stereocenters. The summed E-state index contributed by atoms with van der Waals surface area (Å²) in [6, 6.07) is 0. The number of hydrogen-bond donors (Lipinski definition) is 1. The van der Waals surface area contributed by atoms with Crippen LogP contribution < -0.4 is 5.32 Å². The van der Waals surface area contributed by atoms with Gasteiger partial charge in [-0.15, -0.1) is 0 Å². The van der Waals surface area contributed by atoms with Crippen molar-refractivity contribution in [1.29, 1.82) is 0 Å². The first-order valence-electron chi connectivity index (χ1n) is 9.08. The molecule has 20 heavy (non-hydrogen) atoms. The molecule has 0 aliphatic heterocycles. The molecule has 4 bridgehead atoms. The van der Waals surface area contributed by atoms with Crippen LogP contribution in [0.1, 0.15) is 58.3 Å². The van der Waals surface area contributed by atoms with Crippen molar-refractivity contribution in [2.75, 3.05) is 33.2 Å². The second-order valence-corrected chi connectivity index (χ2v) is 8.22. The first-order valence-corrected chi connectivity index (χ1v) is 9.08. The molecule has 4 aliphatic carbocycles. The summed E-state index contributed by atoms with van der Waals surface area (Å²) in [5, 5.41) is 3.52. The Balaban J connectivity index is 1.41. The van der Waals surface area contributed by atoms with Crippen molar-refractivity contribution >= 4 is 0 Å². The van der Waals surface area contributed by atoms with Crippen LogP contribution in [0.4, 0.5) is 0 Å². The fourth-order valence-corrected chi connectivity index (χ4v) is 5.71. The van der Waals surface area contributed by atoms with Crippen LogP contribution >= 0.6 is 0 Å². The van der Waals surface area contributed by atoms with Crippen molar-refractivity contribution in [2.24, 2.45) is 23.2 Å². The fraction of sp³-hybridized carbons (Fsp3) is 1.00. The van der Waals surface area contributed by atoms with Crippen molar-refractivity contribution in [3.8, 4) is 0 Å². The number of nitrogens with one attached hydrogen (secondary N) is 1. The molecule has 4 rings (SSSR count). The SMILES string of the molecule is CCCNCCN(C)CCC12CC3CC(CC(C3)C1)C2. The second kappa shape index (κ2) is 6.36. The van der Waals surface area contributed by atoms with Crippen molar-refractivity contribution in [3.63, 3.8) is 0 Å². The lowest BCUT2D eigenvalue weighted by Crippen LogP contribution is -2.47. The fourth-order valence-electron chi connectivity index (χ4n) is 5.71. The molecule has 1 N–H and O–H groups in total. The summed E-state index contributed by atoms with van der Waals surface area (Å²) < 4.78 is 0. The van der Waals surface area contributed by atoms with Gasteiger partial charge in [0, 0.05) is 13.1 Å². The maximum absolute atomic E-state index is 3.52. The van der Waals surface area contributed by atoms with Crippen LogP contribution in [-0.4, -0.2) is 38.1 Å². The third kappa shape index (κ3) is 3.39. The van der Waals surface area contributed by atoms with Gasteiger partial charge in [-0.1, -0.05) is 6.92 Å². The Bertz CT molecular complexity index is 277. The van der Waals surface area contributed by atoms with Crippen LogP contribution in [-0.2, 0) is 0 Å². The molecule has 116 valence electrons. The van der Waals surface area contributed by atoms with Crippen LogP contribution in [0.25, 0.3) is 0 Å². The lowest BCUT2D eigenvalue weighted by molar-refractivity contribution is -0.0601. The van der Waals surface area contributed by atoms with Gasteiger partial charge in [-0.3, -0.25) is 0 Å². The third-order valence-corrected chi connectivity index (χ3v) is 6.29. The van der Waals surface area contributed by atoms with E-state index in [1.54, 1.807) is 38.5 Å². The lowest BCUT2D eigenvalue weighted by Gasteiger charge is -2.57. The summed E-state index contributed by atoms with van der Waals surface area (Å²) in [5.41, 5.74) is 0.764. The number of likely N-dealkylation sites (N-methyl/N-ethyl adjacent to an activating group) is 1. The maximum Gasteiger partial charge on any atom is 0.0104 e. The number of rotatable bonds is 8. The predicted octanol–water partition coefficient (Wildman–Crippen LogP) is 3.52. The molecule has 4 fully saturated rings. The normalized spacial score (nSPS) is 38.9.